The molecule has 0 bridgehead atoms. The minimum Gasteiger partial charge on any atom is -0.264 e. The van der Waals surface area contributed by atoms with E-state index in [-0.39, 0.29) is 12.5 Å². The van der Waals surface area contributed by atoms with Gasteiger partial charge in [0.2, 0.25) is 0 Å². The molecule has 31 heavy (non-hydrogen) atoms. The second kappa shape index (κ2) is 22.8. The Morgan fingerprint density at radius 3 is 1.55 bits per heavy atom. The fourth-order valence-electron chi connectivity index (χ4n) is 3.99. The lowest BCUT2D eigenvalue weighted by atomic mass is 9.99. The van der Waals surface area contributed by atoms with Crippen molar-refractivity contribution in [2.45, 2.75) is 142 Å². The molecule has 0 spiro atoms. The average molecular weight is 461 g/mol. The average Bonchev–Trinajstić information content (AvgIpc) is 2.73. The Labute approximate surface area is 194 Å². The zero-order valence-corrected chi connectivity index (χ0v) is 21.5. The van der Waals surface area contributed by atoms with Gasteiger partial charge in [0.25, 0.3) is 0 Å². The first-order valence-corrected chi connectivity index (χ1v) is 14.6. The van der Waals surface area contributed by atoms with Gasteiger partial charge in [-0.05, 0) is 19.3 Å². The predicted octanol–water partition coefficient (Wildman–Crippen LogP) is 8.82. The van der Waals surface area contributed by atoms with Crippen molar-refractivity contribution in [3.05, 3.63) is 12.2 Å². The molecule has 0 aliphatic carbocycles. The molecule has 0 aromatic rings. The van der Waals surface area contributed by atoms with E-state index in [1.807, 2.05) is 0 Å². The van der Waals surface area contributed by atoms with Crippen LogP contribution in [-0.4, -0.2) is 19.6 Å². The zero-order valence-electron chi connectivity index (χ0n) is 20.7. The summed E-state index contributed by atoms with van der Waals surface area (Å²) < 4.78 is 35.3. The highest BCUT2D eigenvalue weighted by molar-refractivity contribution is 7.80. The SMILES string of the molecule is CCCCCCCCCCCCCC/C=C/C(CCCCCCCC)COS(=O)(=O)O. The van der Waals surface area contributed by atoms with Crippen molar-refractivity contribution in [1.82, 2.24) is 0 Å². The first-order chi connectivity index (χ1) is 15.0. The highest BCUT2D eigenvalue weighted by Gasteiger charge is 2.11. The summed E-state index contributed by atoms with van der Waals surface area (Å²) in [6, 6.07) is 0. The molecule has 0 aromatic carbocycles. The van der Waals surface area contributed by atoms with Crippen LogP contribution < -0.4 is 0 Å². The number of rotatable bonds is 24. The molecule has 5 heteroatoms. The van der Waals surface area contributed by atoms with Gasteiger partial charge in [0, 0.05) is 5.92 Å². The lowest BCUT2D eigenvalue weighted by molar-refractivity contribution is 0.234. The molecule has 186 valence electrons. The first kappa shape index (κ1) is 30.6. The molecule has 0 saturated heterocycles. The molecule has 0 aliphatic rings. The van der Waals surface area contributed by atoms with Gasteiger partial charge in [-0.1, -0.05) is 135 Å². The maximum atomic E-state index is 10.9. The number of hydrogen-bond donors (Lipinski definition) is 1. The van der Waals surface area contributed by atoms with Crippen LogP contribution >= 0.6 is 0 Å². The fraction of sp³-hybridized carbons (Fsp3) is 0.923. The van der Waals surface area contributed by atoms with Gasteiger partial charge in [-0.25, -0.2) is 4.18 Å². The summed E-state index contributed by atoms with van der Waals surface area (Å²) in [5.74, 6) is 0.0606. The van der Waals surface area contributed by atoms with Crippen LogP contribution in [0.4, 0.5) is 0 Å². The van der Waals surface area contributed by atoms with Crippen LogP contribution in [0.1, 0.15) is 142 Å². The monoisotopic (exact) mass is 460 g/mol. The largest absolute Gasteiger partial charge is 0.397 e. The molecule has 0 aromatic heterocycles. The van der Waals surface area contributed by atoms with E-state index >= 15 is 0 Å². The van der Waals surface area contributed by atoms with Gasteiger partial charge in [-0.15, -0.1) is 0 Å². The highest BCUT2D eigenvalue weighted by atomic mass is 32.3. The Balaban J connectivity index is 3.79. The maximum Gasteiger partial charge on any atom is 0.397 e. The van der Waals surface area contributed by atoms with Crippen molar-refractivity contribution in [2.24, 2.45) is 5.92 Å². The Bertz CT molecular complexity index is 488. The van der Waals surface area contributed by atoms with Crippen LogP contribution in [0, 0.1) is 5.92 Å². The molecular formula is C26H52O4S. The van der Waals surface area contributed by atoms with Crippen molar-refractivity contribution in [1.29, 1.82) is 0 Å². The minimum atomic E-state index is -4.35. The van der Waals surface area contributed by atoms with E-state index in [2.05, 4.69) is 30.2 Å². The van der Waals surface area contributed by atoms with Gasteiger partial charge in [0.1, 0.15) is 0 Å². The van der Waals surface area contributed by atoms with E-state index in [9.17, 15) is 8.42 Å². The molecule has 0 fully saturated rings. The molecule has 4 nitrogen and oxygen atoms in total. The van der Waals surface area contributed by atoms with Gasteiger partial charge < -0.3 is 0 Å². The molecule has 0 rings (SSSR count). The van der Waals surface area contributed by atoms with Crippen molar-refractivity contribution < 1.29 is 17.2 Å². The van der Waals surface area contributed by atoms with E-state index in [0.717, 1.165) is 19.3 Å². The number of unbranched alkanes of at least 4 members (excludes halogenated alkanes) is 17. The summed E-state index contributed by atoms with van der Waals surface area (Å²) in [6.45, 7) is 4.52. The molecule has 0 saturated carbocycles. The molecule has 1 atom stereocenters. The van der Waals surface area contributed by atoms with Crippen LogP contribution in [0.15, 0.2) is 12.2 Å². The maximum absolute atomic E-state index is 10.9. The van der Waals surface area contributed by atoms with Gasteiger partial charge in [0.05, 0.1) is 6.61 Å². The van der Waals surface area contributed by atoms with Crippen molar-refractivity contribution >= 4 is 10.4 Å². The lowest BCUT2D eigenvalue weighted by Crippen LogP contribution is -2.12. The summed E-state index contributed by atoms with van der Waals surface area (Å²) in [7, 11) is -4.35. The second-order valence-electron chi connectivity index (χ2n) is 9.13. The Hall–Kier alpha value is -0.390. The highest BCUT2D eigenvalue weighted by Crippen LogP contribution is 2.16. The number of hydrogen-bond acceptors (Lipinski definition) is 3. The summed E-state index contributed by atoms with van der Waals surface area (Å²) >= 11 is 0. The van der Waals surface area contributed by atoms with Crippen LogP contribution in [0.3, 0.4) is 0 Å². The van der Waals surface area contributed by atoms with E-state index in [1.54, 1.807) is 0 Å². The third-order valence-electron chi connectivity index (χ3n) is 5.99. The van der Waals surface area contributed by atoms with Crippen LogP contribution in [0.5, 0.6) is 0 Å². The molecule has 0 radical (unpaired) electrons. The van der Waals surface area contributed by atoms with Gasteiger partial charge in [-0.2, -0.15) is 8.42 Å². The molecule has 1 unspecified atom stereocenters. The fourth-order valence-corrected chi connectivity index (χ4v) is 4.33. The lowest BCUT2D eigenvalue weighted by Gasteiger charge is -2.12. The Kier molecular flexibility index (Phi) is 22.5. The van der Waals surface area contributed by atoms with Crippen molar-refractivity contribution in [2.75, 3.05) is 6.61 Å². The van der Waals surface area contributed by atoms with E-state index in [0.29, 0.717) is 0 Å². The van der Waals surface area contributed by atoms with Gasteiger partial charge in [-0.3, -0.25) is 4.55 Å². The zero-order chi connectivity index (χ0) is 23.0. The molecule has 0 aliphatic heterocycles. The van der Waals surface area contributed by atoms with Crippen LogP contribution in [-0.2, 0) is 14.6 Å². The summed E-state index contributed by atoms with van der Waals surface area (Å²) in [5, 5.41) is 0. The van der Waals surface area contributed by atoms with E-state index in [1.165, 1.54) is 109 Å². The Morgan fingerprint density at radius 2 is 1.10 bits per heavy atom. The normalized spacial score (nSPS) is 13.3. The molecule has 1 N–H and O–H groups in total. The standard InChI is InChI=1S/C26H52O4S/c1-3-5-7-9-11-12-13-14-15-16-17-18-20-22-24-26(25-30-31(27,28)29)23-21-19-10-8-6-4-2/h22,24,26H,3-21,23,25H2,1-2H3,(H,27,28,29)/b24-22+. The van der Waals surface area contributed by atoms with Crippen LogP contribution in [0.2, 0.25) is 0 Å². The smallest absolute Gasteiger partial charge is 0.264 e. The Morgan fingerprint density at radius 1 is 0.677 bits per heavy atom. The van der Waals surface area contributed by atoms with E-state index < -0.39 is 10.4 Å². The first-order valence-electron chi connectivity index (χ1n) is 13.3. The van der Waals surface area contributed by atoms with Crippen molar-refractivity contribution in [3.8, 4) is 0 Å². The summed E-state index contributed by atoms with van der Waals surface area (Å²) in [6.07, 6.45) is 29.7. The van der Waals surface area contributed by atoms with Gasteiger partial charge in [0.15, 0.2) is 0 Å². The molecule has 0 heterocycles. The summed E-state index contributed by atoms with van der Waals surface area (Å²) in [5.41, 5.74) is 0. The predicted molar refractivity (Wildman–Crippen MR) is 134 cm³/mol. The van der Waals surface area contributed by atoms with E-state index in [4.69, 9.17) is 4.55 Å². The third kappa shape index (κ3) is 25.7. The third-order valence-corrected chi connectivity index (χ3v) is 6.43. The summed E-state index contributed by atoms with van der Waals surface area (Å²) in [4.78, 5) is 0. The van der Waals surface area contributed by atoms with Crippen molar-refractivity contribution in [3.63, 3.8) is 0 Å². The molecule has 0 amide bonds. The van der Waals surface area contributed by atoms with Gasteiger partial charge >= 0.3 is 10.4 Å². The molecular weight excluding hydrogens is 408 g/mol. The quantitative estimate of drug-likeness (QED) is 0.0887. The topological polar surface area (TPSA) is 63.6 Å². The number of allylic oxidation sites excluding steroid dienone is 1. The van der Waals surface area contributed by atoms with Crippen LogP contribution in [0.25, 0.3) is 0 Å². The second-order valence-corrected chi connectivity index (χ2v) is 10.2. The minimum absolute atomic E-state index is 0.0444.